The number of ketones is 1. The summed E-state index contributed by atoms with van der Waals surface area (Å²) in [5, 5.41) is 0. The van der Waals surface area contributed by atoms with Crippen molar-refractivity contribution in [2.24, 2.45) is 0 Å². The van der Waals surface area contributed by atoms with Crippen molar-refractivity contribution in [2.45, 2.75) is 26.2 Å². The monoisotopic (exact) mass is 178 g/mol. The maximum absolute atomic E-state index is 11.1. The summed E-state index contributed by atoms with van der Waals surface area (Å²) in [6.45, 7) is 5.34. The van der Waals surface area contributed by atoms with Gasteiger partial charge < -0.3 is 4.42 Å². The number of hydrogen-bond donors (Lipinski definition) is 0. The molecule has 0 bridgehead atoms. The van der Waals surface area contributed by atoms with E-state index in [4.69, 9.17) is 4.42 Å². The zero-order chi connectivity index (χ0) is 9.68. The molecular weight excluding hydrogens is 164 g/mol. The Morgan fingerprint density at radius 1 is 1.62 bits per heavy atom. The summed E-state index contributed by atoms with van der Waals surface area (Å²) in [6.07, 6.45) is 3.87. The normalized spacial score (nSPS) is 9.92. The third-order valence-corrected chi connectivity index (χ3v) is 1.88. The van der Waals surface area contributed by atoms with Crippen molar-refractivity contribution in [1.82, 2.24) is 0 Å². The van der Waals surface area contributed by atoms with Gasteiger partial charge in [-0.1, -0.05) is 6.58 Å². The van der Waals surface area contributed by atoms with Crippen LogP contribution in [-0.2, 0) is 11.2 Å². The second kappa shape index (κ2) is 4.65. The van der Waals surface area contributed by atoms with Gasteiger partial charge in [0.1, 0.15) is 5.76 Å². The first-order valence-corrected chi connectivity index (χ1v) is 4.41. The number of carbonyl (C=O) groups is 1. The minimum atomic E-state index is 0.145. The molecule has 0 radical (unpaired) electrons. The van der Waals surface area contributed by atoms with E-state index in [9.17, 15) is 4.79 Å². The lowest BCUT2D eigenvalue weighted by molar-refractivity contribution is -0.115. The molecule has 1 heterocycles. The molecule has 0 aromatic carbocycles. The number of hydrogen-bond acceptors (Lipinski definition) is 2. The summed E-state index contributed by atoms with van der Waals surface area (Å²) in [5.41, 5.74) is 0.638. The van der Waals surface area contributed by atoms with Crippen molar-refractivity contribution < 1.29 is 9.21 Å². The molecule has 1 aromatic rings. The minimum Gasteiger partial charge on any atom is -0.469 e. The van der Waals surface area contributed by atoms with Gasteiger partial charge in [0.25, 0.3) is 0 Å². The Morgan fingerprint density at radius 3 is 2.92 bits per heavy atom. The topological polar surface area (TPSA) is 30.2 Å². The largest absolute Gasteiger partial charge is 0.469 e. The molecular formula is C11H14O2. The summed E-state index contributed by atoms with van der Waals surface area (Å²) in [6, 6.07) is 3.78. The molecule has 70 valence electrons. The molecule has 0 atom stereocenters. The van der Waals surface area contributed by atoms with Gasteiger partial charge in [-0.15, -0.1) is 0 Å². The van der Waals surface area contributed by atoms with Crippen LogP contribution < -0.4 is 0 Å². The number of Topliss-reactive ketones (excluding diaryl/α,β-unsaturated/α-hetero) is 1. The van der Waals surface area contributed by atoms with Crippen LogP contribution in [0.5, 0.6) is 0 Å². The number of aryl methyl sites for hydroxylation is 1. The van der Waals surface area contributed by atoms with E-state index in [-0.39, 0.29) is 5.78 Å². The Bertz CT molecular complexity index is 283. The number of allylic oxidation sites excluding steroid dienone is 1. The minimum absolute atomic E-state index is 0.145. The molecule has 1 aromatic heterocycles. The first-order valence-electron chi connectivity index (χ1n) is 4.41. The SMILES string of the molecule is C=C(C)C(=O)CCCc1ccco1. The van der Waals surface area contributed by atoms with E-state index in [1.165, 1.54) is 0 Å². The first kappa shape index (κ1) is 9.78. The van der Waals surface area contributed by atoms with Gasteiger partial charge in [0.2, 0.25) is 0 Å². The fourth-order valence-electron chi connectivity index (χ4n) is 1.09. The predicted molar refractivity (Wildman–Crippen MR) is 51.5 cm³/mol. The van der Waals surface area contributed by atoms with E-state index in [0.29, 0.717) is 12.0 Å². The Kier molecular flexibility index (Phi) is 3.50. The Labute approximate surface area is 78.3 Å². The lowest BCUT2D eigenvalue weighted by atomic mass is 10.1. The maximum atomic E-state index is 11.1. The van der Waals surface area contributed by atoms with E-state index in [2.05, 4.69) is 6.58 Å². The molecule has 0 saturated heterocycles. The van der Waals surface area contributed by atoms with Crippen LogP contribution in [0.2, 0.25) is 0 Å². The molecule has 0 amide bonds. The van der Waals surface area contributed by atoms with Gasteiger partial charge in [0, 0.05) is 12.8 Å². The Morgan fingerprint density at radius 2 is 2.38 bits per heavy atom. The van der Waals surface area contributed by atoms with Crippen LogP contribution in [0.25, 0.3) is 0 Å². The van der Waals surface area contributed by atoms with Crippen LogP contribution in [0.4, 0.5) is 0 Å². The van der Waals surface area contributed by atoms with Crippen LogP contribution >= 0.6 is 0 Å². The average molecular weight is 178 g/mol. The zero-order valence-electron chi connectivity index (χ0n) is 7.88. The lowest BCUT2D eigenvalue weighted by Crippen LogP contribution is -1.98. The van der Waals surface area contributed by atoms with E-state index in [1.807, 2.05) is 12.1 Å². The predicted octanol–water partition coefficient (Wildman–Crippen LogP) is 2.75. The summed E-state index contributed by atoms with van der Waals surface area (Å²) >= 11 is 0. The van der Waals surface area contributed by atoms with Gasteiger partial charge in [-0.05, 0) is 31.1 Å². The summed E-state index contributed by atoms with van der Waals surface area (Å²) in [5.74, 6) is 1.08. The number of carbonyl (C=O) groups excluding carboxylic acids is 1. The molecule has 0 aliphatic rings. The fraction of sp³-hybridized carbons (Fsp3) is 0.364. The molecule has 2 nitrogen and oxygen atoms in total. The highest BCUT2D eigenvalue weighted by atomic mass is 16.3. The number of rotatable bonds is 5. The zero-order valence-corrected chi connectivity index (χ0v) is 7.88. The van der Waals surface area contributed by atoms with Crippen LogP contribution in [0, 0.1) is 0 Å². The van der Waals surface area contributed by atoms with Crippen molar-refractivity contribution in [2.75, 3.05) is 0 Å². The molecule has 13 heavy (non-hydrogen) atoms. The van der Waals surface area contributed by atoms with Crippen molar-refractivity contribution in [3.05, 3.63) is 36.3 Å². The summed E-state index contributed by atoms with van der Waals surface area (Å²) in [4.78, 5) is 11.1. The quantitative estimate of drug-likeness (QED) is 0.649. The Balaban J connectivity index is 2.22. The van der Waals surface area contributed by atoms with E-state index < -0.39 is 0 Å². The third-order valence-electron chi connectivity index (χ3n) is 1.88. The molecule has 0 aliphatic heterocycles. The van der Waals surface area contributed by atoms with Crippen LogP contribution in [0.1, 0.15) is 25.5 Å². The fourth-order valence-corrected chi connectivity index (χ4v) is 1.09. The van der Waals surface area contributed by atoms with Gasteiger partial charge in [-0.2, -0.15) is 0 Å². The molecule has 0 aliphatic carbocycles. The molecule has 0 saturated carbocycles. The highest BCUT2D eigenvalue weighted by Crippen LogP contribution is 2.07. The van der Waals surface area contributed by atoms with Crippen molar-refractivity contribution in [3.8, 4) is 0 Å². The lowest BCUT2D eigenvalue weighted by Gasteiger charge is -1.97. The molecule has 2 heteroatoms. The van der Waals surface area contributed by atoms with Crippen LogP contribution in [-0.4, -0.2) is 5.78 Å². The summed E-state index contributed by atoms with van der Waals surface area (Å²) < 4.78 is 5.14. The Hall–Kier alpha value is -1.31. The molecule has 1 rings (SSSR count). The maximum Gasteiger partial charge on any atom is 0.158 e. The average Bonchev–Trinajstić information content (AvgIpc) is 2.56. The number of furan rings is 1. The van der Waals surface area contributed by atoms with Crippen molar-refractivity contribution >= 4 is 5.78 Å². The van der Waals surface area contributed by atoms with Gasteiger partial charge in [0.15, 0.2) is 5.78 Å². The van der Waals surface area contributed by atoms with Gasteiger partial charge in [0.05, 0.1) is 6.26 Å². The van der Waals surface area contributed by atoms with Crippen LogP contribution in [0.3, 0.4) is 0 Å². The highest BCUT2D eigenvalue weighted by molar-refractivity contribution is 5.93. The van der Waals surface area contributed by atoms with E-state index >= 15 is 0 Å². The standard InChI is InChI=1S/C11H14O2/c1-9(2)11(12)7-3-5-10-6-4-8-13-10/h4,6,8H,1,3,5,7H2,2H3. The highest BCUT2D eigenvalue weighted by Gasteiger charge is 2.02. The molecule has 0 N–H and O–H groups in total. The van der Waals surface area contributed by atoms with Crippen molar-refractivity contribution in [1.29, 1.82) is 0 Å². The molecule has 0 unspecified atom stereocenters. The second-order valence-corrected chi connectivity index (χ2v) is 3.14. The third kappa shape index (κ3) is 3.28. The molecule has 0 spiro atoms. The van der Waals surface area contributed by atoms with Crippen LogP contribution in [0.15, 0.2) is 35.0 Å². The molecule has 0 fully saturated rings. The van der Waals surface area contributed by atoms with Gasteiger partial charge in [-0.25, -0.2) is 0 Å². The smallest absolute Gasteiger partial charge is 0.158 e. The van der Waals surface area contributed by atoms with Crippen molar-refractivity contribution in [3.63, 3.8) is 0 Å². The van der Waals surface area contributed by atoms with E-state index in [0.717, 1.165) is 18.6 Å². The van der Waals surface area contributed by atoms with Gasteiger partial charge >= 0.3 is 0 Å². The second-order valence-electron chi connectivity index (χ2n) is 3.14. The summed E-state index contributed by atoms with van der Waals surface area (Å²) in [7, 11) is 0. The van der Waals surface area contributed by atoms with E-state index in [1.54, 1.807) is 13.2 Å². The first-order chi connectivity index (χ1) is 6.20. The van der Waals surface area contributed by atoms with Gasteiger partial charge in [-0.3, -0.25) is 4.79 Å².